The molecule has 1 atom stereocenters. The van der Waals surface area contributed by atoms with Gasteiger partial charge in [0.25, 0.3) is 0 Å². The Hall–Kier alpha value is -0.280. The highest BCUT2D eigenvalue weighted by Gasteiger charge is 2.43. The maximum Gasteiger partial charge on any atom is 0.0973 e. The lowest BCUT2D eigenvalue weighted by molar-refractivity contribution is -0.0408. The summed E-state index contributed by atoms with van der Waals surface area (Å²) in [5.74, 6) is 0.740. The third-order valence-electron chi connectivity index (χ3n) is 4.80. The number of halogens is 2. The van der Waals surface area contributed by atoms with E-state index in [2.05, 4.69) is 25.9 Å². The number of benzene rings is 1. The number of nitrogens with zero attached hydrogens (tertiary/aromatic N) is 1. The fourth-order valence-electron chi connectivity index (χ4n) is 3.22. The van der Waals surface area contributed by atoms with Crippen molar-refractivity contribution in [3.05, 3.63) is 33.8 Å². The predicted octanol–water partition coefficient (Wildman–Crippen LogP) is 4.54. The molecule has 1 saturated carbocycles. The van der Waals surface area contributed by atoms with Crippen LogP contribution in [0.15, 0.2) is 18.2 Å². The van der Waals surface area contributed by atoms with Crippen molar-refractivity contribution in [2.45, 2.75) is 44.2 Å². The SMILES string of the molecule is CC1CCC(C(O)c2ccc(Cl)c(Cl)c2)(N(C)C)CC1. The zero-order chi connectivity index (χ0) is 14.9. The molecular formula is C16H23Cl2NO. The molecule has 1 aromatic carbocycles. The van der Waals surface area contributed by atoms with E-state index in [9.17, 15) is 5.11 Å². The molecular weight excluding hydrogens is 293 g/mol. The summed E-state index contributed by atoms with van der Waals surface area (Å²) in [5, 5.41) is 12.0. The quantitative estimate of drug-likeness (QED) is 0.885. The molecule has 2 nitrogen and oxygen atoms in total. The normalized spacial score (nSPS) is 28.6. The van der Waals surface area contributed by atoms with Crippen LogP contribution in [0.5, 0.6) is 0 Å². The van der Waals surface area contributed by atoms with E-state index in [-0.39, 0.29) is 5.54 Å². The monoisotopic (exact) mass is 315 g/mol. The largest absolute Gasteiger partial charge is 0.386 e. The molecule has 4 heteroatoms. The first-order chi connectivity index (χ1) is 9.36. The van der Waals surface area contributed by atoms with E-state index in [4.69, 9.17) is 23.2 Å². The molecule has 0 radical (unpaired) electrons. The van der Waals surface area contributed by atoms with Gasteiger partial charge in [-0.2, -0.15) is 0 Å². The maximum atomic E-state index is 10.9. The van der Waals surface area contributed by atoms with Gasteiger partial charge in [-0.25, -0.2) is 0 Å². The van der Waals surface area contributed by atoms with Gasteiger partial charge < -0.3 is 10.0 Å². The lowest BCUT2D eigenvalue weighted by Crippen LogP contribution is -2.51. The molecule has 1 N–H and O–H groups in total. The van der Waals surface area contributed by atoms with Crippen LogP contribution in [0.3, 0.4) is 0 Å². The molecule has 0 aliphatic heterocycles. The molecule has 1 aliphatic rings. The Balaban J connectivity index is 2.31. The first-order valence-corrected chi connectivity index (χ1v) is 7.93. The van der Waals surface area contributed by atoms with Crippen LogP contribution >= 0.6 is 23.2 Å². The van der Waals surface area contributed by atoms with Crippen molar-refractivity contribution in [2.24, 2.45) is 5.92 Å². The predicted molar refractivity (Wildman–Crippen MR) is 85.5 cm³/mol. The van der Waals surface area contributed by atoms with Gasteiger partial charge in [0.2, 0.25) is 0 Å². The summed E-state index contributed by atoms with van der Waals surface area (Å²) < 4.78 is 0. The molecule has 112 valence electrons. The van der Waals surface area contributed by atoms with Crippen LogP contribution in [0.25, 0.3) is 0 Å². The average molecular weight is 316 g/mol. The lowest BCUT2D eigenvalue weighted by atomic mass is 9.71. The Kier molecular flexibility index (Phi) is 5.01. The Morgan fingerprint density at radius 3 is 2.30 bits per heavy atom. The van der Waals surface area contributed by atoms with Crippen LogP contribution in [0.4, 0.5) is 0 Å². The van der Waals surface area contributed by atoms with E-state index in [1.165, 1.54) is 0 Å². The van der Waals surface area contributed by atoms with E-state index in [1.807, 2.05) is 6.07 Å². The van der Waals surface area contributed by atoms with Gasteiger partial charge in [-0.15, -0.1) is 0 Å². The highest BCUT2D eigenvalue weighted by molar-refractivity contribution is 6.42. The van der Waals surface area contributed by atoms with Crippen molar-refractivity contribution in [1.29, 1.82) is 0 Å². The molecule has 1 aromatic rings. The summed E-state index contributed by atoms with van der Waals surface area (Å²) in [5.41, 5.74) is 0.645. The number of rotatable bonds is 3. The minimum absolute atomic E-state index is 0.205. The highest BCUT2D eigenvalue weighted by atomic mass is 35.5. The summed E-state index contributed by atoms with van der Waals surface area (Å²) in [4.78, 5) is 2.17. The molecule has 0 saturated heterocycles. The number of aliphatic hydroxyl groups is 1. The third kappa shape index (κ3) is 2.99. The van der Waals surface area contributed by atoms with Gasteiger partial charge >= 0.3 is 0 Å². The second-order valence-corrected chi connectivity index (χ2v) is 7.07. The number of hydrogen-bond acceptors (Lipinski definition) is 2. The van der Waals surface area contributed by atoms with Crippen molar-refractivity contribution in [2.75, 3.05) is 14.1 Å². The van der Waals surface area contributed by atoms with Gasteiger partial charge in [-0.1, -0.05) is 36.2 Å². The van der Waals surface area contributed by atoms with Gasteiger partial charge in [-0.05, 0) is 63.4 Å². The number of likely N-dealkylation sites (N-methyl/N-ethyl adjacent to an activating group) is 1. The fraction of sp³-hybridized carbons (Fsp3) is 0.625. The summed E-state index contributed by atoms with van der Waals surface area (Å²) in [6.45, 7) is 2.28. The van der Waals surface area contributed by atoms with Crippen LogP contribution < -0.4 is 0 Å². The summed E-state index contributed by atoms with van der Waals surface area (Å²) in [6, 6.07) is 5.43. The molecule has 20 heavy (non-hydrogen) atoms. The molecule has 0 amide bonds. The van der Waals surface area contributed by atoms with Crippen molar-refractivity contribution in [3.63, 3.8) is 0 Å². The van der Waals surface area contributed by atoms with Crippen LogP contribution in [0, 0.1) is 5.92 Å². The Labute approximate surface area is 131 Å². The molecule has 1 unspecified atom stereocenters. The average Bonchev–Trinajstić information content (AvgIpc) is 2.42. The summed E-state index contributed by atoms with van der Waals surface area (Å²) in [6.07, 6.45) is 3.76. The lowest BCUT2D eigenvalue weighted by Gasteiger charge is -2.47. The van der Waals surface area contributed by atoms with Crippen LogP contribution in [0.1, 0.15) is 44.3 Å². The standard InChI is InChI=1S/C16H23Cl2NO/c1-11-6-8-16(9-7-11,19(2)3)15(20)12-4-5-13(17)14(18)10-12/h4-5,10-11,15,20H,6-9H2,1-3H3. The topological polar surface area (TPSA) is 23.5 Å². The molecule has 0 heterocycles. The second kappa shape index (κ2) is 6.23. The van der Waals surface area contributed by atoms with Gasteiger partial charge in [0.1, 0.15) is 0 Å². The molecule has 0 bridgehead atoms. The number of aliphatic hydroxyl groups excluding tert-OH is 1. The maximum absolute atomic E-state index is 10.9. The van der Waals surface area contributed by atoms with E-state index in [0.717, 1.165) is 37.2 Å². The first kappa shape index (κ1) is 16.1. The van der Waals surface area contributed by atoms with E-state index >= 15 is 0 Å². The second-order valence-electron chi connectivity index (χ2n) is 6.26. The van der Waals surface area contributed by atoms with Crippen molar-refractivity contribution in [3.8, 4) is 0 Å². The van der Waals surface area contributed by atoms with Gasteiger partial charge in [0.05, 0.1) is 21.7 Å². The molecule has 2 rings (SSSR count). The van der Waals surface area contributed by atoms with E-state index < -0.39 is 6.10 Å². The Bertz CT molecular complexity index is 468. The van der Waals surface area contributed by atoms with Crippen molar-refractivity contribution >= 4 is 23.2 Å². The van der Waals surface area contributed by atoms with E-state index in [1.54, 1.807) is 12.1 Å². The smallest absolute Gasteiger partial charge is 0.0973 e. The molecule has 1 aliphatic carbocycles. The zero-order valence-corrected chi connectivity index (χ0v) is 13.9. The first-order valence-electron chi connectivity index (χ1n) is 7.17. The van der Waals surface area contributed by atoms with Gasteiger partial charge in [0.15, 0.2) is 0 Å². The van der Waals surface area contributed by atoms with Crippen molar-refractivity contribution in [1.82, 2.24) is 4.90 Å². The van der Waals surface area contributed by atoms with E-state index in [0.29, 0.717) is 10.0 Å². The third-order valence-corrected chi connectivity index (χ3v) is 5.54. The minimum Gasteiger partial charge on any atom is -0.386 e. The van der Waals surface area contributed by atoms with Crippen LogP contribution in [-0.4, -0.2) is 29.6 Å². The Morgan fingerprint density at radius 2 is 1.80 bits per heavy atom. The van der Waals surface area contributed by atoms with Gasteiger partial charge in [-0.3, -0.25) is 0 Å². The van der Waals surface area contributed by atoms with Gasteiger partial charge in [0, 0.05) is 0 Å². The van der Waals surface area contributed by atoms with Crippen LogP contribution in [0.2, 0.25) is 10.0 Å². The van der Waals surface area contributed by atoms with Crippen LogP contribution in [-0.2, 0) is 0 Å². The summed E-state index contributed by atoms with van der Waals surface area (Å²) >= 11 is 12.1. The molecule has 0 aromatic heterocycles. The zero-order valence-electron chi connectivity index (χ0n) is 12.4. The Morgan fingerprint density at radius 1 is 1.20 bits per heavy atom. The summed E-state index contributed by atoms with van der Waals surface area (Å²) in [7, 11) is 4.10. The molecule has 1 fully saturated rings. The fourth-order valence-corrected chi connectivity index (χ4v) is 3.53. The minimum atomic E-state index is -0.542. The van der Waals surface area contributed by atoms with Crippen molar-refractivity contribution < 1.29 is 5.11 Å². The highest BCUT2D eigenvalue weighted by Crippen LogP contribution is 2.44. The molecule has 0 spiro atoms. The number of hydrogen-bond donors (Lipinski definition) is 1.